The summed E-state index contributed by atoms with van der Waals surface area (Å²) < 4.78 is 0. The van der Waals surface area contributed by atoms with E-state index in [4.69, 9.17) is 0 Å². The van der Waals surface area contributed by atoms with Crippen molar-refractivity contribution in [3.05, 3.63) is 44.0 Å². The molecule has 1 amide bonds. The molecule has 0 spiro atoms. The van der Waals surface area contributed by atoms with Crippen LogP contribution >= 0.6 is 11.8 Å². The zero-order valence-electron chi connectivity index (χ0n) is 9.94. The van der Waals surface area contributed by atoms with Crippen LogP contribution in [0.2, 0.25) is 0 Å². The first-order chi connectivity index (χ1) is 9.49. The summed E-state index contributed by atoms with van der Waals surface area (Å²) in [6.45, 7) is 0.572. The summed E-state index contributed by atoms with van der Waals surface area (Å²) in [6.07, 6.45) is 0. The largest absolute Gasteiger partial charge is 0.301 e. The molecule has 1 N–H and O–H groups in total. The van der Waals surface area contributed by atoms with Gasteiger partial charge in [-0.05, 0) is 6.07 Å². The van der Waals surface area contributed by atoms with Crippen LogP contribution in [0.1, 0.15) is 10.4 Å². The predicted octanol–water partition coefficient (Wildman–Crippen LogP) is 1.34. The molecule has 0 fully saturated rings. The molecule has 0 saturated carbocycles. The highest BCUT2D eigenvalue weighted by molar-refractivity contribution is 8.14. The number of nitrogens with zero attached hydrogens (tertiary/aromatic N) is 3. The van der Waals surface area contributed by atoms with Crippen LogP contribution in [0.3, 0.4) is 0 Å². The van der Waals surface area contributed by atoms with Crippen molar-refractivity contribution in [2.45, 2.75) is 0 Å². The van der Waals surface area contributed by atoms with E-state index in [0.717, 1.165) is 24.0 Å². The molecule has 1 aliphatic heterocycles. The molecular formula is C10H8N4O5S. The molecule has 0 atom stereocenters. The van der Waals surface area contributed by atoms with E-state index in [0.29, 0.717) is 11.7 Å². The second-order valence-corrected chi connectivity index (χ2v) is 4.79. The van der Waals surface area contributed by atoms with Gasteiger partial charge in [0.1, 0.15) is 5.56 Å². The highest BCUT2D eigenvalue weighted by Crippen LogP contribution is 2.24. The van der Waals surface area contributed by atoms with E-state index in [1.165, 1.54) is 11.8 Å². The number of non-ortho nitro benzene ring substituents is 1. The number of carbonyl (C=O) groups is 1. The first kappa shape index (κ1) is 13.9. The van der Waals surface area contributed by atoms with Gasteiger partial charge in [0.25, 0.3) is 17.3 Å². The van der Waals surface area contributed by atoms with Crippen molar-refractivity contribution in [3.63, 3.8) is 0 Å². The summed E-state index contributed by atoms with van der Waals surface area (Å²) in [5, 5.41) is 24.3. The Labute approximate surface area is 116 Å². The third kappa shape index (κ3) is 2.91. The molecule has 0 bridgehead atoms. The number of rotatable bonds is 3. The van der Waals surface area contributed by atoms with E-state index < -0.39 is 27.1 Å². The van der Waals surface area contributed by atoms with Crippen LogP contribution in [0.25, 0.3) is 0 Å². The van der Waals surface area contributed by atoms with Crippen LogP contribution in [0, 0.1) is 20.2 Å². The average molecular weight is 296 g/mol. The van der Waals surface area contributed by atoms with Crippen LogP contribution in [0.15, 0.2) is 23.2 Å². The lowest BCUT2D eigenvalue weighted by molar-refractivity contribution is -0.394. The van der Waals surface area contributed by atoms with Gasteiger partial charge >= 0.3 is 0 Å². The number of hydrogen-bond acceptors (Lipinski definition) is 7. The monoisotopic (exact) mass is 296 g/mol. The first-order valence-electron chi connectivity index (χ1n) is 5.40. The summed E-state index contributed by atoms with van der Waals surface area (Å²) in [7, 11) is 0. The molecule has 10 heteroatoms. The second kappa shape index (κ2) is 5.65. The molecule has 0 saturated heterocycles. The van der Waals surface area contributed by atoms with Crippen molar-refractivity contribution < 1.29 is 14.6 Å². The molecule has 0 aromatic heterocycles. The van der Waals surface area contributed by atoms with E-state index in [9.17, 15) is 25.0 Å². The van der Waals surface area contributed by atoms with Gasteiger partial charge in [-0.25, -0.2) is 0 Å². The SMILES string of the molecule is O=C(NC1=NCCS1)c1ccc([N+](=O)[O-])cc1[N+](=O)[O-]. The van der Waals surface area contributed by atoms with Gasteiger partial charge < -0.3 is 5.32 Å². The predicted molar refractivity (Wildman–Crippen MR) is 72.0 cm³/mol. The molecule has 9 nitrogen and oxygen atoms in total. The quantitative estimate of drug-likeness (QED) is 0.662. The Kier molecular flexibility index (Phi) is 3.94. The molecule has 0 aliphatic carbocycles. The number of benzene rings is 1. The molecular weight excluding hydrogens is 288 g/mol. The third-order valence-corrected chi connectivity index (χ3v) is 3.33. The molecule has 1 aliphatic rings. The normalized spacial score (nSPS) is 13.7. The highest BCUT2D eigenvalue weighted by atomic mass is 32.2. The summed E-state index contributed by atoms with van der Waals surface area (Å²) in [5.41, 5.74) is -1.29. The fraction of sp³-hybridized carbons (Fsp3) is 0.200. The molecule has 20 heavy (non-hydrogen) atoms. The van der Waals surface area contributed by atoms with Gasteiger partial charge in [0.15, 0.2) is 5.17 Å². The molecule has 104 valence electrons. The van der Waals surface area contributed by atoms with E-state index in [1.54, 1.807) is 0 Å². The zero-order chi connectivity index (χ0) is 14.7. The van der Waals surface area contributed by atoms with Crippen LogP contribution in [0.4, 0.5) is 11.4 Å². The number of nitro groups is 2. The van der Waals surface area contributed by atoms with Gasteiger partial charge in [-0.15, -0.1) is 0 Å². The Morgan fingerprint density at radius 3 is 2.60 bits per heavy atom. The average Bonchev–Trinajstić information content (AvgIpc) is 2.90. The zero-order valence-corrected chi connectivity index (χ0v) is 10.8. The maximum absolute atomic E-state index is 11.9. The highest BCUT2D eigenvalue weighted by Gasteiger charge is 2.25. The maximum Gasteiger partial charge on any atom is 0.289 e. The Balaban J connectivity index is 2.32. The number of amides is 1. The van der Waals surface area contributed by atoms with Gasteiger partial charge in [0.05, 0.1) is 22.5 Å². The van der Waals surface area contributed by atoms with Crippen molar-refractivity contribution in [3.8, 4) is 0 Å². The Morgan fingerprint density at radius 1 is 1.30 bits per heavy atom. The number of aliphatic imine (C=N–C) groups is 1. The fourth-order valence-electron chi connectivity index (χ4n) is 1.55. The van der Waals surface area contributed by atoms with Gasteiger partial charge in [0, 0.05) is 11.8 Å². The van der Waals surface area contributed by atoms with E-state index in [2.05, 4.69) is 10.3 Å². The lowest BCUT2D eigenvalue weighted by atomic mass is 10.1. The summed E-state index contributed by atoms with van der Waals surface area (Å²) in [6, 6.07) is 2.87. The lowest BCUT2D eigenvalue weighted by Gasteiger charge is -2.04. The molecule has 1 aromatic carbocycles. The number of nitrogens with one attached hydrogen (secondary N) is 1. The summed E-state index contributed by atoms with van der Waals surface area (Å²) >= 11 is 1.33. The van der Waals surface area contributed by atoms with E-state index in [1.807, 2.05) is 0 Å². The fourth-order valence-corrected chi connectivity index (χ4v) is 2.28. The topological polar surface area (TPSA) is 128 Å². The van der Waals surface area contributed by atoms with E-state index >= 15 is 0 Å². The second-order valence-electron chi connectivity index (χ2n) is 3.71. The van der Waals surface area contributed by atoms with Gasteiger partial charge in [-0.1, -0.05) is 11.8 Å². The minimum atomic E-state index is -0.828. The van der Waals surface area contributed by atoms with Crippen LogP contribution in [-0.2, 0) is 0 Å². The molecule has 0 unspecified atom stereocenters. The Hall–Kier alpha value is -2.49. The van der Waals surface area contributed by atoms with Crippen molar-refractivity contribution in [2.75, 3.05) is 12.3 Å². The van der Waals surface area contributed by atoms with Crippen LogP contribution < -0.4 is 5.32 Å². The lowest BCUT2D eigenvalue weighted by Crippen LogP contribution is -2.28. The van der Waals surface area contributed by atoms with Crippen LogP contribution in [-0.4, -0.2) is 33.2 Å². The number of hydrogen-bond donors (Lipinski definition) is 1. The van der Waals surface area contributed by atoms with E-state index in [-0.39, 0.29) is 5.56 Å². The van der Waals surface area contributed by atoms with Gasteiger partial charge in [0.2, 0.25) is 0 Å². The van der Waals surface area contributed by atoms with Crippen molar-refractivity contribution >= 4 is 34.2 Å². The Bertz CT molecular complexity index is 630. The number of amidine groups is 1. The molecule has 1 heterocycles. The van der Waals surface area contributed by atoms with Crippen molar-refractivity contribution in [1.82, 2.24) is 5.32 Å². The smallest absolute Gasteiger partial charge is 0.289 e. The van der Waals surface area contributed by atoms with Gasteiger partial charge in [-0.2, -0.15) is 0 Å². The number of carbonyl (C=O) groups excluding carboxylic acids is 1. The van der Waals surface area contributed by atoms with Crippen molar-refractivity contribution in [1.29, 1.82) is 0 Å². The standard InChI is InChI=1S/C10H8N4O5S/c15-9(12-10-11-3-4-20-10)7-2-1-6(13(16)17)5-8(7)14(18)19/h1-2,5H,3-4H2,(H,11,12,15). The third-order valence-electron chi connectivity index (χ3n) is 2.44. The minimum absolute atomic E-state index is 0.240. The van der Waals surface area contributed by atoms with Crippen molar-refractivity contribution in [2.24, 2.45) is 4.99 Å². The maximum atomic E-state index is 11.9. The Morgan fingerprint density at radius 2 is 2.05 bits per heavy atom. The number of nitro benzene ring substituents is 2. The minimum Gasteiger partial charge on any atom is -0.301 e. The number of thioether (sulfide) groups is 1. The first-order valence-corrected chi connectivity index (χ1v) is 6.39. The molecule has 1 aromatic rings. The summed E-state index contributed by atoms with van der Waals surface area (Å²) in [4.78, 5) is 35.8. The molecule has 2 rings (SSSR count). The van der Waals surface area contributed by atoms with Crippen LogP contribution in [0.5, 0.6) is 0 Å². The molecule has 0 radical (unpaired) electrons. The summed E-state index contributed by atoms with van der Waals surface area (Å²) in [5.74, 6) is 0.0255. The van der Waals surface area contributed by atoms with Gasteiger partial charge in [-0.3, -0.25) is 30.0 Å².